The van der Waals surface area contributed by atoms with Gasteiger partial charge < -0.3 is 24.6 Å². The van der Waals surface area contributed by atoms with Crippen LogP contribution in [0.25, 0.3) is 0 Å². The first-order chi connectivity index (χ1) is 11.5. The summed E-state index contributed by atoms with van der Waals surface area (Å²) < 4.78 is 16.0. The summed E-state index contributed by atoms with van der Waals surface area (Å²) >= 11 is 6.09. The maximum Gasteiger partial charge on any atom is 0.310 e. The zero-order chi connectivity index (χ0) is 17.4. The fourth-order valence-corrected chi connectivity index (χ4v) is 3.74. The summed E-state index contributed by atoms with van der Waals surface area (Å²) in [6, 6.07) is 3.07. The Kier molecular flexibility index (Phi) is 4.56. The molecule has 0 saturated carbocycles. The van der Waals surface area contributed by atoms with E-state index in [0.29, 0.717) is 35.1 Å². The quantitative estimate of drug-likeness (QED) is 0.840. The van der Waals surface area contributed by atoms with Gasteiger partial charge in [-0.2, -0.15) is 0 Å². The second kappa shape index (κ2) is 6.49. The largest absolute Gasteiger partial charge is 0.495 e. The first-order valence-electron chi connectivity index (χ1n) is 7.57. The highest BCUT2D eigenvalue weighted by atomic mass is 35.5. The summed E-state index contributed by atoms with van der Waals surface area (Å²) in [5.41, 5.74) is 0.361. The number of anilines is 1. The Morgan fingerprint density at radius 3 is 2.38 bits per heavy atom. The Balaban J connectivity index is 1.84. The topological polar surface area (TPSA) is 94.1 Å². The van der Waals surface area contributed by atoms with Gasteiger partial charge >= 0.3 is 5.97 Å². The fraction of sp³-hybridized carbons (Fsp3) is 0.500. The van der Waals surface area contributed by atoms with Gasteiger partial charge in [0.05, 0.1) is 49.0 Å². The first kappa shape index (κ1) is 16.9. The minimum atomic E-state index is -1.01. The highest BCUT2D eigenvalue weighted by Gasteiger charge is 2.55. The van der Waals surface area contributed by atoms with E-state index in [2.05, 4.69) is 5.32 Å². The van der Waals surface area contributed by atoms with Gasteiger partial charge in [-0.25, -0.2) is 0 Å². The van der Waals surface area contributed by atoms with Crippen LogP contribution in [0.5, 0.6) is 11.5 Å². The Morgan fingerprint density at radius 2 is 1.79 bits per heavy atom. The molecule has 1 aromatic rings. The van der Waals surface area contributed by atoms with Crippen molar-refractivity contribution < 1.29 is 28.9 Å². The van der Waals surface area contributed by atoms with Crippen LogP contribution >= 0.6 is 11.6 Å². The Morgan fingerprint density at radius 1 is 1.17 bits per heavy atom. The predicted octanol–water partition coefficient (Wildman–Crippen LogP) is 2.17. The van der Waals surface area contributed by atoms with Crippen LogP contribution in [0.1, 0.15) is 12.8 Å². The summed E-state index contributed by atoms with van der Waals surface area (Å²) in [4.78, 5) is 24.2. The molecule has 2 aliphatic rings. The van der Waals surface area contributed by atoms with Crippen LogP contribution in [0.4, 0.5) is 5.69 Å². The molecular formula is C16H18ClNO6. The van der Waals surface area contributed by atoms with Crippen LogP contribution < -0.4 is 14.8 Å². The number of carbonyl (C=O) groups is 2. The second-order valence-corrected chi connectivity index (χ2v) is 6.26. The standard InChI is InChI=1S/C16H18ClNO6/c1-22-11-6-12(23-2)8(5-7(11)17)18-15(19)13-9-3-4-10(24-9)14(13)16(20)21/h5-6,9-10,13-14H,3-4H2,1-2H3,(H,18,19)(H,20,21)/t9-,10-,13+,14+/m1/s1. The number of aliphatic carboxylic acids is 1. The number of ether oxygens (including phenoxy) is 3. The summed E-state index contributed by atoms with van der Waals surface area (Å²) in [7, 11) is 2.93. The maximum atomic E-state index is 12.7. The number of hydrogen-bond donors (Lipinski definition) is 2. The number of fused-ring (bicyclic) bond motifs is 2. The van der Waals surface area contributed by atoms with Crippen molar-refractivity contribution in [1.82, 2.24) is 0 Å². The van der Waals surface area contributed by atoms with E-state index in [-0.39, 0.29) is 6.10 Å². The summed E-state index contributed by atoms with van der Waals surface area (Å²) in [5.74, 6) is -2.19. The van der Waals surface area contributed by atoms with Crippen molar-refractivity contribution in [3.63, 3.8) is 0 Å². The number of nitrogens with one attached hydrogen (secondary N) is 1. The van der Waals surface area contributed by atoms with Crippen LogP contribution in [0, 0.1) is 11.8 Å². The molecule has 0 unspecified atom stereocenters. The number of amides is 1. The molecule has 2 heterocycles. The normalized spacial score (nSPS) is 27.8. The number of hydrogen-bond acceptors (Lipinski definition) is 5. The smallest absolute Gasteiger partial charge is 0.310 e. The number of rotatable bonds is 5. The van der Waals surface area contributed by atoms with Gasteiger partial charge in [0.2, 0.25) is 5.91 Å². The lowest BCUT2D eigenvalue weighted by atomic mass is 9.78. The van der Waals surface area contributed by atoms with Crippen molar-refractivity contribution in [1.29, 1.82) is 0 Å². The number of carboxylic acid groups (broad SMARTS) is 1. The lowest BCUT2D eigenvalue weighted by molar-refractivity contribution is -0.147. The summed E-state index contributed by atoms with van der Waals surface area (Å²) in [6.45, 7) is 0. The van der Waals surface area contributed by atoms with E-state index in [1.807, 2.05) is 0 Å². The van der Waals surface area contributed by atoms with Crippen molar-refractivity contribution in [2.75, 3.05) is 19.5 Å². The minimum Gasteiger partial charge on any atom is -0.495 e. The molecule has 1 amide bonds. The van der Waals surface area contributed by atoms with E-state index in [1.165, 1.54) is 20.3 Å². The molecule has 2 bridgehead atoms. The van der Waals surface area contributed by atoms with Crippen molar-refractivity contribution in [2.24, 2.45) is 11.8 Å². The zero-order valence-electron chi connectivity index (χ0n) is 13.2. The van der Waals surface area contributed by atoms with E-state index in [0.717, 1.165) is 0 Å². The van der Waals surface area contributed by atoms with Crippen molar-refractivity contribution >= 4 is 29.2 Å². The minimum absolute atomic E-state index is 0.313. The Labute approximate surface area is 143 Å². The molecule has 8 heteroatoms. The monoisotopic (exact) mass is 355 g/mol. The van der Waals surface area contributed by atoms with Crippen molar-refractivity contribution in [2.45, 2.75) is 25.0 Å². The highest BCUT2D eigenvalue weighted by Crippen LogP contribution is 2.44. The van der Waals surface area contributed by atoms with Crippen molar-refractivity contribution in [3.05, 3.63) is 17.2 Å². The van der Waals surface area contributed by atoms with E-state index in [1.54, 1.807) is 6.07 Å². The number of benzene rings is 1. The third kappa shape index (κ3) is 2.78. The molecule has 0 aliphatic carbocycles. The van der Waals surface area contributed by atoms with Crippen LogP contribution in [0.15, 0.2) is 12.1 Å². The number of methoxy groups -OCH3 is 2. The molecule has 0 spiro atoms. The fourth-order valence-electron chi connectivity index (χ4n) is 3.50. The van der Waals surface area contributed by atoms with Gasteiger partial charge in [0, 0.05) is 6.07 Å². The third-order valence-corrected chi connectivity index (χ3v) is 4.89. The molecule has 4 atom stereocenters. The van der Waals surface area contributed by atoms with E-state index < -0.39 is 29.8 Å². The summed E-state index contributed by atoms with van der Waals surface area (Å²) in [5, 5.41) is 12.4. The molecule has 2 aliphatic heterocycles. The average Bonchev–Trinajstić information content (AvgIpc) is 3.16. The van der Waals surface area contributed by atoms with Crippen LogP contribution in [-0.4, -0.2) is 43.4 Å². The molecule has 1 aromatic carbocycles. The van der Waals surface area contributed by atoms with Crippen molar-refractivity contribution in [3.8, 4) is 11.5 Å². The molecule has 7 nitrogen and oxygen atoms in total. The maximum absolute atomic E-state index is 12.7. The van der Waals surface area contributed by atoms with Gasteiger partial charge in [0.1, 0.15) is 11.5 Å². The molecule has 2 fully saturated rings. The molecule has 2 N–H and O–H groups in total. The van der Waals surface area contributed by atoms with E-state index in [9.17, 15) is 14.7 Å². The lowest BCUT2D eigenvalue weighted by Gasteiger charge is -2.24. The van der Waals surface area contributed by atoms with Gasteiger partial charge in [-0.1, -0.05) is 11.6 Å². The third-order valence-electron chi connectivity index (χ3n) is 4.59. The lowest BCUT2D eigenvalue weighted by Crippen LogP contribution is -2.41. The van der Waals surface area contributed by atoms with Crippen LogP contribution in [-0.2, 0) is 14.3 Å². The number of carbonyl (C=O) groups excluding carboxylic acids is 1. The molecule has 0 aromatic heterocycles. The predicted molar refractivity (Wildman–Crippen MR) is 85.7 cm³/mol. The summed E-state index contributed by atoms with van der Waals surface area (Å²) in [6.07, 6.45) is 0.594. The molecule has 130 valence electrons. The first-order valence-corrected chi connectivity index (χ1v) is 7.94. The van der Waals surface area contributed by atoms with Gasteiger partial charge in [-0.15, -0.1) is 0 Å². The van der Waals surface area contributed by atoms with Crippen LogP contribution in [0.2, 0.25) is 5.02 Å². The van der Waals surface area contributed by atoms with E-state index in [4.69, 9.17) is 25.8 Å². The Bertz CT molecular complexity index is 679. The Hall–Kier alpha value is -1.99. The molecule has 0 radical (unpaired) electrons. The van der Waals surface area contributed by atoms with Gasteiger partial charge in [0.25, 0.3) is 0 Å². The van der Waals surface area contributed by atoms with Gasteiger partial charge in [-0.05, 0) is 18.9 Å². The van der Waals surface area contributed by atoms with Gasteiger partial charge in [0.15, 0.2) is 0 Å². The highest BCUT2D eigenvalue weighted by molar-refractivity contribution is 6.32. The average molecular weight is 356 g/mol. The van der Waals surface area contributed by atoms with Gasteiger partial charge in [-0.3, -0.25) is 9.59 Å². The number of carboxylic acids is 1. The number of halogens is 1. The zero-order valence-corrected chi connectivity index (χ0v) is 14.0. The SMILES string of the molecule is COc1cc(OC)c(NC(=O)[C@@H]2[C@@H](C(=O)O)[C@H]3CC[C@H]2O3)cc1Cl. The molecule has 3 rings (SSSR count). The second-order valence-electron chi connectivity index (χ2n) is 5.86. The molecule has 2 saturated heterocycles. The van der Waals surface area contributed by atoms with E-state index >= 15 is 0 Å². The molecule has 24 heavy (non-hydrogen) atoms. The van der Waals surface area contributed by atoms with Crippen LogP contribution in [0.3, 0.4) is 0 Å². The molecular weight excluding hydrogens is 338 g/mol.